The summed E-state index contributed by atoms with van der Waals surface area (Å²) in [5.41, 5.74) is 0.637. The molecule has 0 aliphatic heterocycles. The Morgan fingerprint density at radius 3 is 2.88 bits per heavy atom. The number of nitrogens with zero attached hydrogens (tertiary/aromatic N) is 4. The minimum Gasteiger partial charge on any atom is -0.493 e. The number of carbonyl (C=O) groups is 1. The van der Waals surface area contributed by atoms with Crippen LogP contribution >= 0.6 is 0 Å². The Morgan fingerprint density at radius 2 is 2.25 bits per heavy atom. The van der Waals surface area contributed by atoms with Crippen molar-refractivity contribution in [1.29, 1.82) is 5.26 Å². The van der Waals surface area contributed by atoms with Gasteiger partial charge in [-0.15, -0.1) is 5.10 Å². The number of hydrogen-bond acceptors (Lipinski definition) is 6. The monoisotopic (exact) mass is 337 g/mol. The number of hydrogen-bond donors (Lipinski definition) is 1. The van der Waals surface area contributed by atoms with Gasteiger partial charge in [-0.05, 0) is 17.7 Å². The lowest BCUT2D eigenvalue weighted by Crippen LogP contribution is -2.27. The average molecular weight is 337 g/mol. The fraction of sp³-hybridized carbons (Fsp3) is 0.286. The smallest absolute Gasteiger partial charge is 0.387 e. The van der Waals surface area contributed by atoms with Crippen LogP contribution in [0.25, 0.3) is 0 Å². The second kappa shape index (κ2) is 7.87. The van der Waals surface area contributed by atoms with Crippen LogP contribution in [0.1, 0.15) is 11.4 Å². The molecule has 0 atom stereocenters. The maximum Gasteiger partial charge on any atom is 0.387 e. The average Bonchev–Trinajstić information content (AvgIpc) is 3.01. The van der Waals surface area contributed by atoms with Crippen molar-refractivity contribution in [2.24, 2.45) is 0 Å². The molecule has 0 aliphatic carbocycles. The van der Waals surface area contributed by atoms with Crippen molar-refractivity contribution in [1.82, 2.24) is 20.1 Å². The molecule has 126 valence electrons. The summed E-state index contributed by atoms with van der Waals surface area (Å²) in [5.74, 6) is -0.329. The number of aromatic nitrogens is 3. The molecule has 1 heterocycles. The minimum atomic E-state index is -2.95. The van der Waals surface area contributed by atoms with Crippen molar-refractivity contribution in [2.45, 2.75) is 19.7 Å². The van der Waals surface area contributed by atoms with E-state index in [1.54, 1.807) is 6.07 Å². The highest BCUT2D eigenvalue weighted by Crippen LogP contribution is 2.29. The molecule has 0 radical (unpaired) electrons. The molecule has 0 aliphatic rings. The number of ether oxygens (including phenoxy) is 2. The van der Waals surface area contributed by atoms with Crippen molar-refractivity contribution >= 4 is 5.91 Å². The Balaban J connectivity index is 1.93. The van der Waals surface area contributed by atoms with E-state index in [9.17, 15) is 13.6 Å². The maximum atomic E-state index is 12.3. The first-order valence-electron chi connectivity index (χ1n) is 6.69. The van der Waals surface area contributed by atoms with Crippen LogP contribution in [-0.4, -0.2) is 34.4 Å². The molecule has 10 heteroatoms. The van der Waals surface area contributed by atoms with E-state index in [0.29, 0.717) is 5.56 Å². The maximum absolute atomic E-state index is 12.3. The number of halogens is 2. The van der Waals surface area contributed by atoms with Gasteiger partial charge in [0.1, 0.15) is 18.9 Å². The van der Waals surface area contributed by atoms with E-state index in [4.69, 9.17) is 10.00 Å². The number of nitriles is 1. The van der Waals surface area contributed by atoms with E-state index in [1.807, 2.05) is 0 Å². The fourth-order valence-electron chi connectivity index (χ4n) is 1.84. The molecule has 1 aromatic heterocycles. The van der Waals surface area contributed by atoms with Crippen LogP contribution in [-0.2, 0) is 17.9 Å². The van der Waals surface area contributed by atoms with E-state index in [1.165, 1.54) is 36.3 Å². The van der Waals surface area contributed by atoms with Crippen LogP contribution in [0.15, 0.2) is 24.5 Å². The van der Waals surface area contributed by atoms with Crippen LogP contribution in [0, 0.1) is 11.3 Å². The molecular formula is C14H13F2N5O3. The molecule has 0 fully saturated rings. The molecule has 8 nitrogen and oxygen atoms in total. The summed E-state index contributed by atoms with van der Waals surface area (Å²) in [5, 5.41) is 15.0. The second-order valence-corrected chi connectivity index (χ2v) is 4.52. The molecule has 1 amide bonds. The van der Waals surface area contributed by atoms with Gasteiger partial charge in [0.25, 0.3) is 5.82 Å². The molecule has 2 aromatic rings. The Bertz CT molecular complexity index is 757. The van der Waals surface area contributed by atoms with Gasteiger partial charge in [0.05, 0.1) is 7.11 Å². The van der Waals surface area contributed by atoms with E-state index in [0.717, 1.165) is 0 Å². The van der Waals surface area contributed by atoms with Gasteiger partial charge in [0.2, 0.25) is 5.91 Å². The topological polar surface area (TPSA) is 102 Å². The fourth-order valence-corrected chi connectivity index (χ4v) is 1.84. The lowest BCUT2D eigenvalue weighted by Gasteiger charge is -2.12. The van der Waals surface area contributed by atoms with Crippen molar-refractivity contribution in [2.75, 3.05) is 7.11 Å². The van der Waals surface area contributed by atoms with Crippen LogP contribution in [0.4, 0.5) is 8.78 Å². The molecular weight excluding hydrogens is 324 g/mol. The predicted molar refractivity (Wildman–Crippen MR) is 76.2 cm³/mol. The summed E-state index contributed by atoms with van der Waals surface area (Å²) < 4.78 is 35.0. The Kier molecular flexibility index (Phi) is 5.62. The lowest BCUT2D eigenvalue weighted by molar-refractivity contribution is -0.122. The standard InChI is InChI=1S/C14H13F2N5O3/c1-23-11-4-9(2-3-10(11)24-14(15)16)6-18-13(22)7-21-8-19-12(5-17)20-21/h2-4,8,14H,6-7H2,1H3,(H,18,22). The molecule has 1 N–H and O–H groups in total. The van der Waals surface area contributed by atoms with Crippen molar-refractivity contribution < 1.29 is 23.0 Å². The zero-order valence-corrected chi connectivity index (χ0v) is 12.6. The quantitative estimate of drug-likeness (QED) is 0.811. The Labute approximate surface area is 135 Å². The van der Waals surface area contributed by atoms with Gasteiger partial charge < -0.3 is 14.8 Å². The highest BCUT2D eigenvalue weighted by molar-refractivity contribution is 5.75. The summed E-state index contributed by atoms with van der Waals surface area (Å²) in [6.45, 7) is -2.90. The van der Waals surface area contributed by atoms with E-state index < -0.39 is 6.61 Å². The summed E-state index contributed by atoms with van der Waals surface area (Å²) in [6.07, 6.45) is 1.28. The number of rotatable bonds is 7. The largest absolute Gasteiger partial charge is 0.493 e. The first-order chi connectivity index (χ1) is 11.5. The summed E-state index contributed by atoms with van der Waals surface area (Å²) in [4.78, 5) is 15.5. The Morgan fingerprint density at radius 1 is 1.46 bits per heavy atom. The summed E-state index contributed by atoms with van der Waals surface area (Å²) in [6, 6.07) is 6.11. The van der Waals surface area contributed by atoms with Gasteiger partial charge in [-0.2, -0.15) is 14.0 Å². The number of methoxy groups -OCH3 is 1. The predicted octanol–water partition coefficient (Wildman–Crippen LogP) is 1.08. The number of benzene rings is 1. The van der Waals surface area contributed by atoms with Gasteiger partial charge in [-0.1, -0.05) is 6.07 Å². The number of alkyl halides is 2. The number of carbonyl (C=O) groups excluding carboxylic acids is 1. The number of amides is 1. The van der Waals surface area contributed by atoms with E-state index in [-0.39, 0.29) is 36.3 Å². The molecule has 0 unspecified atom stereocenters. The highest BCUT2D eigenvalue weighted by Gasteiger charge is 2.12. The molecule has 0 spiro atoms. The van der Waals surface area contributed by atoms with Gasteiger partial charge in [0.15, 0.2) is 11.5 Å². The van der Waals surface area contributed by atoms with Crippen molar-refractivity contribution in [3.63, 3.8) is 0 Å². The zero-order valence-electron chi connectivity index (χ0n) is 12.6. The third-order valence-corrected chi connectivity index (χ3v) is 2.88. The first kappa shape index (κ1) is 17.1. The first-order valence-corrected chi connectivity index (χ1v) is 6.69. The normalized spacial score (nSPS) is 10.3. The van der Waals surface area contributed by atoms with Crippen LogP contribution in [0.3, 0.4) is 0 Å². The van der Waals surface area contributed by atoms with Gasteiger partial charge in [-0.25, -0.2) is 9.67 Å². The molecule has 1 aromatic carbocycles. The molecule has 2 rings (SSSR count). The number of nitrogens with one attached hydrogen (secondary N) is 1. The van der Waals surface area contributed by atoms with E-state index >= 15 is 0 Å². The van der Waals surface area contributed by atoms with Gasteiger partial charge in [0, 0.05) is 6.54 Å². The van der Waals surface area contributed by atoms with Gasteiger partial charge in [-0.3, -0.25) is 4.79 Å². The highest BCUT2D eigenvalue weighted by atomic mass is 19.3. The molecule has 0 saturated carbocycles. The molecule has 0 saturated heterocycles. The summed E-state index contributed by atoms with van der Waals surface area (Å²) >= 11 is 0. The Hall–Kier alpha value is -3.22. The molecule has 24 heavy (non-hydrogen) atoms. The van der Waals surface area contributed by atoms with Crippen LogP contribution in [0.2, 0.25) is 0 Å². The lowest BCUT2D eigenvalue weighted by atomic mass is 10.2. The molecule has 0 bridgehead atoms. The van der Waals surface area contributed by atoms with E-state index in [2.05, 4.69) is 20.1 Å². The van der Waals surface area contributed by atoms with Crippen molar-refractivity contribution in [3.05, 3.63) is 35.9 Å². The van der Waals surface area contributed by atoms with Crippen LogP contribution < -0.4 is 14.8 Å². The van der Waals surface area contributed by atoms with Crippen LogP contribution in [0.5, 0.6) is 11.5 Å². The summed E-state index contributed by atoms with van der Waals surface area (Å²) in [7, 11) is 1.33. The minimum absolute atomic E-state index is 0.0258. The third-order valence-electron chi connectivity index (χ3n) is 2.88. The SMILES string of the molecule is COc1cc(CNC(=O)Cn2cnc(C#N)n2)ccc1OC(F)F. The van der Waals surface area contributed by atoms with Crippen molar-refractivity contribution in [3.8, 4) is 17.6 Å². The third kappa shape index (κ3) is 4.64. The second-order valence-electron chi connectivity index (χ2n) is 4.52. The zero-order chi connectivity index (χ0) is 17.5. The van der Waals surface area contributed by atoms with Gasteiger partial charge >= 0.3 is 6.61 Å².